The number of nitrogens with zero attached hydrogens (tertiary/aromatic N) is 1. The molecule has 0 radical (unpaired) electrons. The molecule has 5 rings (SSSR count). The molecule has 5 N–H and O–H groups in total. The molecule has 0 saturated heterocycles. The monoisotopic (exact) mass is 515 g/mol. The van der Waals surface area contributed by atoms with Crippen LogP contribution in [0.1, 0.15) is 34.3 Å². The van der Waals surface area contributed by atoms with Gasteiger partial charge in [0.15, 0.2) is 34.7 Å². The van der Waals surface area contributed by atoms with Gasteiger partial charge in [-0.3, -0.25) is 24.0 Å². The molecule has 2 aromatic carbocycles. The summed E-state index contributed by atoms with van der Waals surface area (Å²) in [6.07, 6.45) is -0.124. The van der Waals surface area contributed by atoms with Gasteiger partial charge in [-0.25, -0.2) is 0 Å². The highest BCUT2D eigenvalue weighted by molar-refractivity contribution is 6.31. The van der Waals surface area contributed by atoms with Gasteiger partial charge in [0, 0.05) is 18.9 Å². The van der Waals surface area contributed by atoms with E-state index in [1.54, 1.807) is 6.07 Å². The first-order valence-electron chi connectivity index (χ1n) is 12.3. The SMILES string of the molecule is N#CCNCc1ccc(-c2ccc(O)c3c2C[C@H]2C[C@H]4CC(=O)C(C(N)=O)C(=O)[C@@]4(O)C(=O)C2C3=O)cc1. The van der Waals surface area contributed by atoms with E-state index in [1.807, 2.05) is 30.3 Å². The standard InChI is InChI=1S/C28H25N3O7/c29-7-8-31-12-13-1-3-14(4-2-13)17-5-6-19(32)22-18(17)10-15-9-16-11-20(33)23(27(30)37)26(36)28(16,38)25(35)21(15)24(22)34/h1-6,15-16,21,23,31-32,38H,8-12H2,(H2,30,37)/t15-,16+,21?,23?,28+/m1/s1. The van der Waals surface area contributed by atoms with Crippen molar-refractivity contribution in [2.24, 2.45) is 29.4 Å². The number of rotatable bonds is 5. The van der Waals surface area contributed by atoms with Gasteiger partial charge in [-0.15, -0.1) is 0 Å². The fraction of sp³-hybridized carbons (Fsp3) is 0.357. The van der Waals surface area contributed by atoms with Gasteiger partial charge in [-0.1, -0.05) is 30.3 Å². The van der Waals surface area contributed by atoms with Crippen LogP contribution in [0.15, 0.2) is 36.4 Å². The van der Waals surface area contributed by atoms with E-state index in [-0.39, 0.29) is 37.1 Å². The number of carbonyl (C=O) groups is 5. The Morgan fingerprint density at radius 3 is 2.45 bits per heavy atom. The quantitative estimate of drug-likeness (QED) is 0.251. The highest BCUT2D eigenvalue weighted by atomic mass is 16.3. The van der Waals surface area contributed by atoms with Gasteiger partial charge in [-0.05, 0) is 47.1 Å². The largest absolute Gasteiger partial charge is 0.507 e. The van der Waals surface area contributed by atoms with Crippen LogP contribution in [0.25, 0.3) is 11.1 Å². The van der Waals surface area contributed by atoms with E-state index in [1.165, 1.54) is 6.07 Å². The molecule has 5 atom stereocenters. The maximum absolute atomic E-state index is 13.7. The number of phenols is 1. The van der Waals surface area contributed by atoms with Gasteiger partial charge >= 0.3 is 0 Å². The number of nitrogens with two attached hydrogens (primary N) is 1. The number of nitriles is 1. The fourth-order valence-corrected chi connectivity index (χ4v) is 6.30. The van der Waals surface area contributed by atoms with Crippen LogP contribution in [0.5, 0.6) is 5.75 Å². The molecule has 10 nitrogen and oxygen atoms in total. The molecule has 2 fully saturated rings. The van der Waals surface area contributed by atoms with E-state index in [9.17, 15) is 34.2 Å². The van der Waals surface area contributed by atoms with Crippen LogP contribution < -0.4 is 11.1 Å². The number of Topliss-reactive ketones (excluding diaryl/α,β-unsaturated/α-hetero) is 4. The van der Waals surface area contributed by atoms with Crippen LogP contribution in [0, 0.1) is 35.0 Å². The molecule has 2 saturated carbocycles. The van der Waals surface area contributed by atoms with Crippen molar-refractivity contribution >= 4 is 29.0 Å². The number of benzene rings is 2. The zero-order valence-corrected chi connectivity index (χ0v) is 20.3. The normalized spacial score (nSPS) is 28.2. The van der Waals surface area contributed by atoms with Crippen LogP contribution in [-0.4, -0.2) is 51.4 Å². The molecule has 0 heterocycles. The molecule has 3 aliphatic carbocycles. The van der Waals surface area contributed by atoms with Gasteiger partial charge in [0.05, 0.1) is 24.1 Å². The first kappa shape index (κ1) is 25.4. The summed E-state index contributed by atoms with van der Waals surface area (Å²) in [6, 6.07) is 12.6. The maximum Gasteiger partial charge on any atom is 0.235 e. The number of ketones is 4. The number of amides is 1. The molecule has 0 aliphatic heterocycles. The highest BCUT2D eigenvalue weighted by Gasteiger charge is 2.66. The summed E-state index contributed by atoms with van der Waals surface area (Å²) in [4.78, 5) is 64.5. The molecule has 0 spiro atoms. The van der Waals surface area contributed by atoms with E-state index >= 15 is 0 Å². The van der Waals surface area contributed by atoms with Gasteiger partial charge < -0.3 is 21.3 Å². The van der Waals surface area contributed by atoms with Gasteiger partial charge in [0.1, 0.15) is 5.75 Å². The van der Waals surface area contributed by atoms with Gasteiger partial charge in [0.25, 0.3) is 0 Å². The Hall–Kier alpha value is -4.20. The lowest BCUT2D eigenvalue weighted by atomic mass is 9.53. The summed E-state index contributed by atoms with van der Waals surface area (Å²) < 4.78 is 0. The number of fused-ring (bicyclic) bond motifs is 3. The molecule has 2 unspecified atom stereocenters. The van der Waals surface area contributed by atoms with Crippen molar-refractivity contribution in [3.05, 3.63) is 53.1 Å². The van der Waals surface area contributed by atoms with E-state index < -0.39 is 58.3 Å². The van der Waals surface area contributed by atoms with Crippen molar-refractivity contribution in [1.29, 1.82) is 5.26 Å². The number of aromatic hydroxyl groups is 1. The number of carbonyl (C=O) groups excluding carboxylic acids is 5. The number of nitrogens with one attached hydrogen (secondary N) is 1. The van der Waals surface area contributed by atoms with Crippen molar-refractivity contribution in [3.8, 4) is 22.9 Å². The number of hydrogen-bond donors (Lipinski definition) is 4. The number of aliphatic hydroxyl groups is 1. The first-order chi connectivity index (χ1) is 18.1. The summed E-state index contributed by atoms with van der Waals surface area (Å²) in [7, 11) is 0. The van der Waals surface area contributed by atoms with Crippen LogP contribution in [0.2, 0.25) is 0 Å². The highest BCUT2D eigenvalue weighted by Crippen LogP contribution is 2.51. The Labute approximate surface area is 217 Å². The molecule has 38 heavy (non-hydrogen) atoms. The third kappa shape index (κ3) is 3.74. The Morgan fingerprint density at radius 1 is 1.08 bits per heavy atom. The van der Waals surface area contributed by atoms with E-state index in [4.69, 9.17) is 11.0 Å². The van der Waals surface area contributed by atoms with E-state index in [0.29, 0.717) is 17.7 Å². The molecule has 3 aliphatic rings. The molecular weight excluding hydrogens is 490 g/mol. The Bertz CT molecular complexity index is 1440. The molecule has 194 valence electrons. The van der Waals surface area contributed by atoms with Crippen LogP contribution in [-0.2, 0) is 32.1 Å². The average molecular weight is 516 g/mol. The summed E-state index contributed by atoms with van der Waals surface area (Å²) in [5, 5.41) is 33.6. The number of hydrogen-bond acceptors (Lipinski definition) is 9. The summed E-state index contributed by atoms with van der Waals surface area (Å²) in [5.41, 5.74) is 5.48. The Balaban J connectivity index is 1.52. The zero-order valence-electron chi connectivity index (χ0n) is 20.3. The van der Waals surface area contributed by atoms with E-state index in [2.05, 4.69) is 5.32 Å². The second-order valence-electron chi connectivity index (χ2n) is 10.2. The second kappa shape index (κ2) is 9.28. The number of phenolic OH excluding ortho intramolecular Hbond substituents is 1. The van der Waals surface area contributed by atoms with Crippen molar-refractivity contribution in [3.63, 3.8) is 0 Å². The third-order valence-corrected chi connectivity index (χ3v) is 8.08. The lowest BCUT2D eigenvalue weighted by molar-refractivity contribution is -0.175. The molecule has 10 heteroatoms. The molecular formula is C28H25N3O7. The predicted molar refractivity (Wildman–Crippen MR) is 131 cm³/mol. The smallest absolute Gasteiger partial charge is 0.235 e. The first-order valence-corrected chi connectivity index (χ1v) is 12.3. The summed E-state index contributed by atoms with van der Waals surface area (Å²) >= 11 is 0. The van der Waals surface area contributed by atoms with Crippen molar-refractivity contribution in [2.75, 3.05) is 6.54 Å². The fourth-order valence-electron chi connectivity index (χ4n) is 6.30. The Kier molecular flexibility index (Phi) is 6.21. The molecule has 2 aromatic rings. The molecule has 0 bridgehead atoms. The number of primary amides is 1. The van der Waals surface area contributed by atoms with Crippen molar-refractivity contribution in [2.45, 2.75) is 31.4 Å². The second-order valence-corrected chi connectivity index (χ2v) is 10.2. The van der Waals surface area contributed by atoms with Crippen molar-refractivity contribution in [1.82, 2.24) is 5.32 Å². The topological polar surface area (TPSA) is 188 Å². The minimum atomic E-state index is -2.66. The minimum absolute atomic E-state index is 0.0373. The summed E-state index contributed by atoms with van der Waals surface area (Å²) in [6.45, 7) is 0.720. The molecule has 1 amide bonds. The van der Waals surface area contributed by atoms with Gasteiger partial charge in [0.2, 0.25) is 5.91 Å². The van der Waals surface area contributed by atoms with Crippen LogP contribution >= 0.6 is 0 Å². The zero-order chi connectivity index (χ0) is 27.4. The maximum atomic E-state index is 13.7. The third-order valence-electron chi connectivity index (χ3n) is 8.08. The molecule has 0 aromatic heterocycles. The average Bonchev–Trinajstić information content (AvgIpc) is 2.87. The lowest BCUT2D eigenvalue weighted by Gasteiger charge is -2.48. The van der Waals surface area contributed by atoms with Crippen LogP contribution in [0.3, 0.4) is 0 Å². The minimum Gasteiger partial charge on any atom is -0.507 e. The van der Waals surface area contributed by atoms with Crippen molar-refractivity contribution < 1.29 is 34.2 Å². The Morgan fingerprint density at radius 2 is 1.79 bits per heavy atom. The predicted octanol–water partition coefficient (Wildman–Crippen LogP) is 0.607. The van der Waals surface area contributed by atoms with E-state index in [0.717, 1.165) is 11.1 Å². The van der Waals surface area contributed by atoms with Gasteiger partial charge in [-0.2, -0.15) is 5.26 Å². The summed E-state index contributed by atoms with van der Waals surface area (Å²) in [5.74, 6) is -10.3. The lowest BCUT2D eigenvalue weighted by Crippen LogP contribution is -2.68. The van der Waals surface area contributed by atoms with Crippen LogP contribution in [0.4, 0.5) is 0 Å².